The van der Waals surface area contributed by atoms with Crippen LogP contribution in [-0.2, 0) is 9.47 Å². The zero-order valence-electron chi connectivity index (χ0n) is 15.7. The summed E-state index contributed by atoms with van der Waals surface area (Å²) >= 11 is 0. The van der Waals surface area contributed by atoms with Gasteiger partial charge in [-0.15, -0.1) is 0 Å². The summed E-state index contributed by atoms with van der Waals surface area (Å²) in [5.41, 5.74) is 3.95. The molecule has 0 amide bonds. The van der Waals surface area contributed by atoms with E-state index in [9.17, 15) is 0 Å². The Morgan fingerprint density at radius 1 is 0.773 bits per heavy atom. The number of ether oxygens (including phenoxy) is 2. The summed E-state index contributed by atoms with van der Waals surface area (Å²) in [7, 11) is 0. The molecule has 2 heteroatoms. The highest BCUT2D eigenvalue weighted by molar-refractivity contribution is 4.94. The second-order valence-corrected chi connectivity index (χ2v) is 6.86. The predicted molar refractivity (Wildman–Crippen MR) is 97.0 cm³/mol. The van der Waals surface area contributed by atoms with Gasteiger partial charge in [0.1, 0.15) is 0 Å². The molecule has 1 atom stereocenters. The molecule has 0 saturated heterocycles. The minimum atomic E-state index is -0.118. The molecule has 0 aromatic rings. The zero-order chi connectivity index (χ0) is 17.0. The second-order valence-electron chi connectivity index (χ2n) is 6.86. The SMILES string of the molecule is CC(C)=CCCC(C)CC(OCC=C(C)C)OCC=C(C)C. The average molecular weight is 309 g/mol. The highest BCUT2D eigenvalue weighted by Crippen LogP contribution is 2.17. The molecule has 0 aromatic heterocycles. The van der Waals surface area contributed by atoms with Crippen LogP contribution in [0.1, 0.15) is 67.7 Å². The standard InChI is InChI=1S/C20H36O2/c1-16(2)9-8-10-19(7)15-20(21-13-11-17(3)4)22-14-12-18(5)6/h9,11-12,19-20H,8,10,13-15H2,1-7H3. The number of hydrogen-bond donors (Lipinski definition) is 0. The smallest absolute Gasteiger partial charge is 0.158 e. The number of allylic oxidation sites excluding steroid dienone is 4. The van der Waals surface area contributed by atoms with Crippen LogP contribution in [0.5, 0.6) is 0 Å². The van der Waals surface area contributed by atoms with Crippen molar-refractivity contribution in [3.05, 3.63) is 34.9 Å². The van der Waals surface area contributed by atoms with Crippen molar-refractivity contribution in [2.75, 3.05) is 13.2 Å². The van der Waals surface area contributed by atoms with Crippen molar-refractivity contribution in [2.24, 2.45) is 5.92 Å². The van der Waals surface area contributed by atoms with Gasteiger partial charge in [-0.25, -0.2) is 0 Å². The van der Waals surface area contributed by atoms with Gasteiger partial charge in [-0.05, 0) is 60.3 Å². The lowest BCUT2D eigenvalue weighted by Crippen LogP contribution is -2.21. The molecule has 2 nitrogen and oxygen atoms in total. The van der Waals surface area contributed by atoms with Gasteiger partial charge >= 0.3 is 0 Å². The summed E-state index contributed by atoms with van der Waals surface area (Å²) < 4.78 is 11.8. The molecule has 1 unspecified atom stereocenters. The Morgan fingerprint density at radius 3 is 1.64 bits per heavy atom. The first-order valence-electron chi connectivity index (χ1n) is 8.44. The van der Waals surface area contributed by atoms with Crippen LogP contribution in [-0.4, -0.2) is 19.5 Å². The van der Waals surface area contributed by atoms with E-state index in [2.05, 4.69) is 66.7 Å². The van der Waals surface area contributed by atoms with Crippen molar-refractivity contribution < 1.29 is 9.47 Å². The Balaban J connectivity index is 4.33. The molecule has 128 valence electrons. The van der Waals surface area contributed by atoms with Crippen molar-refractivity contribution in [1.82, 2.24) is 0 Å². The van der Waals surface area contributed by atoms with Crippen LogP contribution in [0.4, 0.5) is 0 Å². The molecule has 0 bridgehead atoms. The van der Waals surface area contributed by atoms with Gasteiger partial charge in [0.15, 0.2) is 6.29 Å². The second kappa shape index (κ2) is 12.7. The van der Waals surface area contributed by atoms with Crippen molar-refractivity contribution in [3.8, 4) is 0 Å². The van der Waals surface area contributed by atoms with Crippen LogP contribution in [0.3, 0.4) is 0 Å². The first-order chi connectivity index (χ1) is 10.3. The van der Waals surface area contributed by atoms with Gasteiger partial charge in [0.05, 0.1) is 13.2 Å². The topological polar surface area (TPSA) is 18.5 Å². The van der Waals surface area contributed by atoms with Gasteiger partial charge < -0.3 is 9.47 Å². The predicted octanol–water partition coefficient (Wildman–Crippen LogP) is 6.05. The summed E-state index contributed by atoms with van der Waals surface area (Å²) in [5.74, 6) is 0.596. The lowest BCUT2D eigenvalue weighted by Gasteiger charge is -2.21. The molecule has 0 aliphatic heterocycles. The highest BCUT2D eigenvalue weighted by Gasteiger charge is 2.13. The highest BCUT2D eigenvalue weighted by atomic mass is 16.7. The Hall–Kier alpha value is -0.860. The van der Waals surface area contributed by atoms with E-state index in [4.69, 9.17) is 9.47 Å². The van der Waals surface area contributed by atoms with Crippen LogP contribution in [0, 0.1) is 5.92 Å². The van der Waals surface area contributed by atoms with Gasteiger partial charge in [-0.2, -0.15) is 0 Å². The third-order valence-electron chi connectivity index (χ3n) is 3.35. The van der Waals surface area contributed by atoms with Crippen LogP contribution in [0.25, 0.3) is 0 Å². The van der Waals surface area contributed by atoms with Crippen molar-refractivity contribution >= 4 is 0 Å². The Morgan fingerprint density at radius 2 is 1.23 bits per heavy atom. The maximum absolute atomic E-state index is 5.89. The minimum Gasteiger partial charge on any atom is -0.349 e. The quantitative estimate of drug-likeness (QED) is 0.341. The van der Waals surface area contributed by atoms with Crippen LogP contribution < -0.4 is 0 Å². The van der Waals surface area contributed by atoms with Gasteiger partial charge in [0.25, 0.3) is 0 Å². The maximum atomic E-state index is 5.89. The molecule has 0 rings (SSSR count). The monoisotopic (exact) mass is 308 g/mol. The van der Waals surface area contributed by atoms with Gasteiger partial charge in [0.2, 0.25) is 0 Å². The zero-order valence-corrected chi connectivity index (χ0v) is 15.7. The number of hydrogen-bond acceptors (Lipinski definition) is 2. The third-order valence-corrected chi connectivity index (χ3v) is 3.35. The molecular formula is C20H36O2. The van der Waals surface area contributed by atoms with Crippen molar-refractivity contribution in [3.63, 3.8) is 0 Å². The molecule has 0 aliphatic rings. The van der Waals surface area contributed by atoms with E-state index in [0.29, 0.717) is 19.1 Å². The molecule has 0 radical (unpaired) electrons. The summed E-state index contributed by atoms with van der Waals surface area (Å²) in [6, 6.07) is 0. The minimum absolute atomic E-state index is 0.118. The third kappa shape index (κ3) is 14.1. The molecule has 0 aromatic carbocycles. The summed E-state index contributed by atoms with van der Waals surface area (Å²) in [6.07, 6.45) is 9.66. The molecule has 0 aliphatic carbocycles. The molecule has 0 spiro atoms. The maximum Gasteiger partial charge on any atom is 0.158 e. The van der Waals surface area contributed by atoms with Gasteiger partial charge in [-0.3, -0.25) is 0 Å². The molecule has 0 heterocycles. The van der Waals surface area contributed by atoms with Crippen LogP contribution >= 0.6 is 0 Å². The molecule has 22 heavy (non-hydrogen) atoms. The van der Waals surface area contributed by atoms with Gasteiger partial charge in [-0.1, -0.05) is 41.9 Å². The Kier molecular flexibility index (Phi) is 12.2. The van der Waals surface area contributed by atoms with E-state index in [0.717, 1.165) is 12.8 Å². The molecular weight excluding hydrogens is 272 g/mol. The van der Waals surface area contributed by atoms with E-state index >= 15 is 0 Å². The summed E-state index contributed by atoms with van der Waals surface area (Å²) in [6.45, 7) is 16.2. The van der Waals surface area contributed by atoms with E-state index < -0.39 is 0 Å². The van der Waals surface area contributed by atoms with E-state index in [-0.39, 0.29) is 6.29 Å². The van der Waals surface area contributed by atoms with E-state index in [1.807, 2.05) is 0 Å². The molecule has 0 saturated carbocycles. The molecule has 0 N–H and O–H groups in total. The van der Waals surface area contributed by atoms with Crippen LogP contribution in [0.2, 0.25) is 0 Å². The number of rotatable bonds is 11. The first-order valence-corrected chi connectivity index (χ1v) is 8.44. The lowest BCUT2D eigenvalue weighted by molar-refractivity contribution is -0.137. The summed E-state index contributed by atoms with van der Waals surface area (Å²) in [5, 5.41) is 0. The Labute approximate surface area is 138 Å². The fourth-order valence-electron chi connectivity index (χ4n) is 1.93. The van der Waals surface area contributed by atoms with E-state index in [1.54, 1.807) is 0 Å². The van der Waals surface area contributed by atoms with Crippen molar-refractivity contribution in [2.45, 2.75) is 74.0 Å². The van der Waals surface area contributed by atoms with E-state index in [1.165, 1.54) is 23.1 Å². The normalized spacial score (nSPS) is 12.0. The molecule has 0 fully saturated rings. The Bertz CT molecular complexity index is 343. The van der Waals surface area contributed by atoms with Gasteiger partial charge in [0, 0.05) is 6.42 Å². The fraction of sp³-hybridized carbons (Fsp3) is 0.700. The fourth-order valence-corrected chi connectivity index (χ4v) is 1.93. The summed E-state index contributed by atoms with van der Waals surface area (Å²) in [4.78, 5) is 0. The van der Waals surface area contributed by atoms with Crippen LogP contribution in [0.15, 0.2) is 34.9 Å². The van der Waals surface area contributed by atoms with Crippen molar-refractivity contribution in [1.29, 1.82) is 0 Å². The largest absolute Gasteiger partial charge is 0.349 e. The first kappa shape index (κ1) is 21.1. The lowest BCUT2D eigenvalue weighted by atomic mass is 10.0. The average Bonchev–Trinajstić information content (AvgIpc) is 2.36.